The number of hydrogen-bond acceptors (Lipinski definition) is 7. The summed E-state index contributed by atoms with van der Waals surface area (Å²) in [5.74, 6) is -0.998. The number of methoxy groups -OCH3 is 2. The van der Waals surface area contributed by atoms with Crippen LogP contribution in [0.4, 0.5) is 0 Å². The highest BCUT2D eigenvalue weighted by Gasteiger charge is 2.64. The Morgan fingerprint density at radius 3 is 2.44 bits per heavy atom. The number of ether oxygens (including phenoxy) is 2. The Kier molecular flexibility index (Phi) is 4.14. The molecule has 0 saturated heterocycles. The van der Waals surface area contributed by atoms with Crippen molar-refractivity contribution in [3.8, 4) is 0 Å². The lowest BCUT2D eigenvalue weighted by Crippen LogP contribution is -2.62. The molecule has 3 heterocycles. The lowest BCUT2D eigenvalue weighted by molar-refractivity contribution is -0.147. The van der Waals surface area contributed by atoms with E-state index >= 15 is 0 Å². The van der Waals surface area contributed by atoms with Crippen molar-refractivity contribution >= 4 is 28.7 Å². The van der Waals surface area contributed by atoms with Gasteiger partial charge in [-0.1, -0.05) is 47.7 Å². The van der Waals surface area contributed by atoms with Crippen LogP contribution in [0.25, 0.3) is 0 Å². The van der Waals surface area contributed by atoms with Crippen molar-refractivity contribution in [2.24, 2.45) is 5.10 Å². The van der Waals surface area contributed by atoms with Gasteiger partial charge in [-0.15, -0.1) is 0 Å². The summed E-state index contributed by atoms with van der Waals surface area (Å²) in [4.78, 5) is 25.7. The highest BCUT2D eigenvalue weighted by atomic mass is 32.2. The number of carbonyl (C=O) groups is 2. The Labute approximate surface area is 161 Å². The number of benzene rings is 1. The number of nitrogens with zero attached hydrogens (tertiary/aromatic N) is 2. The van der Waals surface area contributed by atoms with E-state index in [9.17, 15) is 9.59 Å². The minimum Gasteiger partial charge on any atom is -0.468 e. The fourth-order valence-electron chi connectivity index (χ4n) is 3.96. The second-order valence-electron chi connectivity index (χ2n) is 6.86. The normalized spacial score (nSPS) is 28.1. The van der Waals surface area contributed by atoms with Gasteiger partial charge in [0.25, 0.3) is 0 Å². The SMILES string of the molecule is COC(=O)C1=CC2C=C(C)C3N2N=C(c2ccc(C)cc2)SC13C(=O)OC. The minimum absolute atomic E-state index is 0.191. The maximum Gasteiger partial charge on any atom is 0.335 e. The van der Waals surface area contributed by atoms with E-state index in [4.69, 9.17) is 14.6 Å². The van der Waals surface area contributed by atoms with E-state index in [1.807, 2.05) is 49.2 Å². The number of hydrazone groups is 1. The molecule has 1 aromatic carbocycles. The molecule has 3 aliphatic heterocycles. The van der Waals surface area contributed by atoms with Crippen LogP contribution in [0.15, 0.2) is 52.7 Å². The second kappa shape index (κ2) is 6.27. The van der Waals surface area contributed by atoms with Gasteiger partial charge >= 0.3 is 11.9 Å². The van der Waals surface area contributed by atoms with Crippen LogP contribution in [0.2, 0.25) is 0 Å². The number of thioether (sulfide) groups is 1. The predicted octanol–water partition coefficient (Wildman–Crippen LogP) is 2.43. The monoisotopic (exact) mass is 384 g/mol. The molecule has 0 fully saturated rings. The van der Waals surface area contributed by atoms with Crippen molar-refractivity contribution in [3.05, 3.63) is 58.7 Å². The first-order valence-corrected chi connectivity index (χ1v) is 9.44. The third-order valence-electron chi connectivity index (χ3n) is 5.21. The average molecular weight is 384 g/mol. The summed E-state index contributed by atoms with van der Waals surface area (Å²) in [6.07, 6.45) is 3.79. The lowest BCUT2D eigenvalue weighted by atomic mass is 9.84. The zero-order valence-electron chi connectivity index (χ0n) is 15.6. The molecule has 0 N–H and O–H groups in total. The highest BCUT2D eigenvalue weighted by molar-refractivity contribution is 8.16. The van der Waals surface area contributed by atoms with Crippen molar-refractivity contribution < 1.29 is 19.1 Å². The van der Waals surface area contributed by atoms with Gasteiger partial charge in [0.05, 0.1) is 31.9 Å². The van der Waals surface area contributed by atoms with Crippen molar-refractivity contribution in [1.82, 2.24) is 5.01 Å². The molecule has 3 aliphatic rings. The molecule has 27 heavy (non-hydrogen) atoms. The molecule has 0 amide bonds. The maximum atomic E-state index is 13.1. The quantitative estimate of drug-likeness (QED) is 0.589. The molecule has 140 valence electrons. The number of aryl methyl sites for hydroxylation is 1. The molecule has 0 spiro atoms. The molecule has 0 saturated carbocycles. The zero-order valence-corrected chi connectivity index (χ0v) is 16.4. The molecule has 3 unspecified atom stereocenters. The Hall–Kier alpha value is -2.54. The molecule has 3 atom stereocenters. The summed E-state index contributed by atoms with van der Waals surface area (Å²) in [6.45, 7) is 3.97. The number of hydrogen-bond donors (Lipinski definition) is 0. The van der Waals surface area contributed by atoms with Crippen molar-refractivity contribution in [2.75, 3.05) is 14.2 Å². The van der Waals surface area contributed by atoms with Crippen molar-refractivity contribution in [1.29, 1.82) is 0 Å². The van der Waals surface area contributed by atoms with Crippen LogP contribution in [-0.2, 0) is 19.1 Å². The first-order valence-electron chi connectivity index (χ1n) is 8.62. The van der Waals surface area contributed by atoms with E-state index in [-0.39, 0.29) is 12.1 Å². The fraction of sp³-hybridized carbons (Fsp3) is 0.350. The molecule has 0 radical (unpaired) electrons. The molecule has 4 bridgehead atoms. The van der Waals surface area contributed by atoms with Crippen molar-refractivity contribution in [2.45, 2.75) is 30.7 Å². The standard InChI is InChI=1S/C20H20N2O4S/c1-11-5-7-13(8-6-11)17-21-22-14-9-12(2)16(22)20(27-17,19(24)26-4)15(10-14)18(23)25-3/h5-10,14,16H,1-4H3. The minimum atomic E-state index is -1.25. The van der Waals surface area contributed by atoms with Crippen molar-refractivity contribution in [3.63, 3.8) is 0 Å². The highest BCUT2D eigenvalue weighted by Crippen LogP contribution is 2.53. The van der Waals surface area contributed by atoms with Gasteiger partial charge in [-0.2, -0.15) is 5.10 Å². The first-order chi connectivity index (χ1) is 12.9. The Morgan fingerprint density at radius 2 is 1.81 bits per heavy atom. The van der Waals surface area contributed by atoms with Crippen LogP contribution in [0.1, 0.15) is 18.1 Å². The van der Waals surface area contributed by atoms with Crippen LogP contribution >= 0.6 is 11.8 Å². The molecule has 6 nitrogen and oxygen atoms in total. The number of carbonyl (C=O) groups excluding carboxylic acids is 2. The summed E-state index contributed by atoms with van der Waals surface area (Å²) in [5.41, 5.74) is 3.34. The molecule has 0 aliphatic carbocycles. The summed E-state index contributed by atoms with van der Waals surface area (Å²) >= 11 is 1.26. The fourth-order valence-corrected chi connectivity index (χ4v) is 5.49. The summed E-state index contributed by atoms with van der Waals surface area (Å²) in [7, 11) is 2.67. The number of esters is 2. The van der Waals surface area contributed by atoms with Crippen LogP contribution in [0, 0.1) is 6.92 Å². The van der Waals surface area contributed by atoms with Gasteiger partial charge in [-0.05, 0) is 25.5 Å². The van der Waals surface area contributed by atoms with Gasteiger partial charge in [0, 0.05) is 5.56 Å². The Balaban J connectivity index is 1.91. The molecule has 1 aromatic rings. The first kappa shape index (κ1) is 17.9. The summed E-state index contributed by atoms with van der Waals surface area (Å²) < 4.78 is 8.93. The second-order valence-corrected chi connectivity index (χ2v) is 8.09. The van der Waals surface area contributed by atoms with E-state index in [0.29, 0.717) is 10.6 Å². The van der Waals surface area contributed by atoms with E-state index in [0.717, 1.165) is 16.7 Å². The lowest BCUT2D eigenvalue weighted by Gasteiger charge is -2.48. The molecule has 0 aromatic heterocycles. The van der Waals surface area contributed by atoms with Crippen LogP contribution in [0.5, 0.6) is 0 Å². The smallest absolute Gasteiger partial charge is 0.335 e. The molecular weight excluding hydrogens is 364 g/mol. The third kappa shape index (κ3) is 2.45. The molecule has 4 rings (SSSR count). The average Bonchev–Trinajstić information content (AvgIpc) is 2.92. The van der Waals surface area contributed by atoms with E-state index in [1.54, 1.807) is 6.08 Å². The topological polar surface area (TPSA) is 68.2 Å². The van der Waals surface area contributed by atoms with Gasteiger partial charge in [0.1, 0.15) is 5.04 Å². The van der Waals surface area contributed by atoms with E-state index < -0.39 is 16.7 Å². The van der Waals surface area contributed by atoms with Gasteiger partial charge < -0.3 is 9.47 Å². The Morgan fingerprint density at radius 1 is 1.11 bits per heavy atom. The van der Waals surface area contributed by atoms with E-state index in [2.05, 4.69) is 0 Å². The summed E-state index contributed by atoms with van der Waals surface area (Å²) in [5, 5.41) is 7.39. The van der Waals surface area contributed by atoms with Crippen LogP contribution < -0.4 is 0 Å². The maximum absolute atomic E-state index is 13.1. The number of rotatable bonds is 3. The predicted molar refractivity (Wildman–Crippen MR) is 103 cm³/mol. The van der Waals surface area contributed by atoms with Crippen LogP contribution in [-0.4, -0.2) is 53.0 Å². The van der Waals surface area contributed by atoms with Gasteiger partial charge in [0.2, 0.25) is 0 Å². The van der Waals surface area contributed by atoms with E-state index in [1.165, 1.54) is 26.0 Å². The van der Waals surface area contributed by atoms with Gasteiger partial charge in [-0.3, -0.25) is 9.80 Å². The van der Waals surface area contributed by atoms with Gasteiger partial charge in [0.15, 0.2) is 4.75 Å². The molecular formula is C20H20N2O4S. The third-order valence-corrected chi connectivity index (χ3v) is 6.66. The largest absolute Gasteiger partial charge is 0.468 e. The van der Waals surface area contributed by atoms with Gasteiger partial charge in [-0.25, -0.2) is 4.79 Å². The Bertz CT molecular complexity index is 918. The molecule has 7 heteroatoms. The van der Waals surface area contributed by atoms with Crippen LogP contribution in [0.3, 0.4) is 0 Å². The summed E-state index contributed by atoms with van der Waals surface area (Å²) in [6, 6.07) is 7.36. The zero-order chi connectivity index (χ0) is 19.3.